The molecule has 2 N–H and O–H groups in total. The van der Waals surface area contributed by atoms with E-state index in [2.05, 4.69) is 53.6 Å². The zero-order chi connectivity index (χ0) is 20.4. The van der Waals surface area contributed by atoms with Crippen LogP contribution < -0.4 is 10.6 Å². The van der Waals surface area contributed by atoms with E-state index in [9.17, 15) is 0 Å². The standard InChI is InChI=1S/C22H37N5OS/c1-5-23-21(26-19-18-8-11-28-20(18)22(19,3)4)24-12-16-6-9-27(10-7-16)13-17-14-29-15(2)25-17/h14,16,18-20H,5-13H2,1-4H3,(H2,23,24,26). The zero-order valence-corrected chi connectivity index (χ0v) is 19.2. The Morgan fingerprint density at radius 2 is 2.14 bits per heavy atom. The lowest BCUT2D eigenvalue weighted by molar-refractivity contribution is -0.106. The highest BCUT2D eigenvalue weighted by atomic mass is 32.1. The summed E-state index contributed by atoms with van der Waals surface area (Å²) < 4.78 is 5.94. The van der Waals surface area contributed by atoms with Gasteiger partial charge in [-0.1, -0.05) is 13.8 Å². The van der Waals surface area contributed by atoms with Crippen LogP contribution in [0.3, 0.4) is 0 Å². The van der Waals surface area contributed by atoms with Gasteiger partial charge < -0.3 is 15.4 Å². The number of piperidine rings is 1. The number of aryl methyl sites for hydroxylation is 1. The first-order valence-corrected chi connectivity index (χ1v) is 12.1. The monoisotopic (exact) mass is 419 g/mol. The molecule has 3 fully saturated rings. The maximum absolute atomic E-state index is 5.94. The van der Waals surface area contributed by atoms with Gasteiger partial charge in [-0.05, 0) is 52.1 Å². The molecule has 1 aromatic rings. The molecule has 3 unspecified atom stereocenters. The summed E-state index contributed by atoms with van der Waals surface area (Å²) in [6.45, 7) is 14.9. The molecule has 3 aliphatic rings. The lowest BCUT2D eigenvalue weighted by atomic mass is 9.57. The van der Waals surface area contributed by atoms with Crippen molar-refractivity contribution in [1.82, 2.24) is 20.5 Å². The summed E-state index contributed by atoms with van der Waals surface area (Å²) >= 11 is 1.75. The Bertz CT molecular complexity index is 710. The maximum atomic E-state index is 5.94. The minimum atomic E-state index is 0.177. The number of guanidine groups is 1. The molecular weight excluding hydrogens is 382 g/mol. The first-order valence-electron chi connectivity index (χ1n) is 11.3. The van der Waals surface area contributed by atoms with E-state index in [1.54, 1.807) is 11.3 Å². The predicted molar refractivity (Wildman–Crippen MR) is 119 cm³/mol. The fourth-order valence-electron chi connectivity index (χ4n) is 5.34. The molecule has 6 nitrogen and oxygen atoms in total. The van der Waals surface area contributed by atoms with Gasteiger partial charge >= 0.3 is 0 Å². The number of fused-ring (bicyclic) bond motifs is 1. The summed E-state index contributed by atoms with van der Waals surface area (Å²) in [5, 5.41) is 10.6. The highest BCUT2D eigenvalue weighted by Gasteiger charge is 2.59. The van der Waals surface area contributed by atoms with Gasteiger partial charge in [0, 0.05) is 49.0 Å². The number of hydrogen-bond donors (Lipinski definition) is 2. The summed E-state index contributed by atoms with van der Waals surface area (Å²) in [6.07, 6.45) is 4.02. The molecule has 2 aliphatic heterocycles. The number of ether oxygens (including phenoxy) is 1. The van der Waals surface area contributed by atoms with Crippen molar-refractivity contribution in [2.24, 2.45) is 22.2 Å². The molecule has 1 aliphatic carbocycles. The van der Waals surface area contributed by atoms with Crippen LogP contribution in [0.2, 0.25) is 0 Å². The van der Waals surface area contributed by atoms with Crippen molar-refractivity contribution in [2.75, 3.05) is 32.8 Å². The Kier molecular flexibility index (Phi) is 6.47. The molecule has 29 heavy (non-hydrogen) atoms. The van der Waals surface area contributed by atoms with Crippen molar-refractivity contribution in [1.29, 1.82) is 0 Å². The minimum Gasteiger partial charge on any atom is -0.377 e. The summed E-state index contributed by atoms with van der Waals surface area (Å²) in [5.74, 6) is 2.29. The molecule has 3 heterocycles. The molecule has 0 aromatic carbocycles. The molecule has 1 aromatic heterocycles. The van der Waals surface area contributed by atoms with Crippen LogP contribution in [0.25, 0.3) is 0 Å². The highest BCUT2D eigenvalue weighted by molar-refractivity contribution is 7.09. The highest BCUT2D eigenvalue weighted by Crippen LogP contribution is 2.52. The normalized spacial score (nSPS) is 30.1. The summed E-state index contributed by atoms with van der Waals surface area (Å²) in [4.78, 5) is 12.1. The number of nitrogens with one attached hydrogen (secondary N) is 2. The number of aromatic nitrogens is 1. The number of nitrogens with zero attached hydrogens (tertiary/aromatic N) is 3. The molecular formula is C22H37N5OS. The first-order chi connectivity index (χ1) is 14.0. The average Bonchev–Trinajstić information content (AvgIpc) is 3.33. The van der Waals surface area contributed by atoms with Crippen molar-refractivity contribution in [3.63, 3.8) is 0 Å². The minimum absolute atomic E-state index is 0.177. The fraction of sp³-hybridized carbons (Fsp3) is 0.818. The molecule has 3 atom stereocenters. The van der Waals surface area contributed by atoms with Gasteiger partial charge in [0.2, 0.25) is 0 Å². The molecule has 1 saturated carbocycles. The van der Waals surface area contributed by atoms with E-state index in [1.165, 1.54) is 25.0 Å². The van der Waals surface area contributed by atoms with Crippen LogP contribution in [0.4, 0.5) is 0 Å². The van der Waals surface area contributed by atoms with E-state index in [-0.39, 0.29) is 5.41 Å². The average molecular weight is 420 g/mol. The topological polar surface area (TPSA) is 61.8 Å². The van der Waals surface area contributed by atoms with Crippen molar-refractivity contribution in [2.45, 2.75) is 65.6 Å². The molecule has 7 heteroatoms. The Balaban J connectivity index is 1.26. The lowest BCUT2D eigenvalue weighted by Crippen LogP contribution is -2.68. The third kappa shape index (κ3) is 4.62. The van der Waals surface area contributed by atoms with Crippen molar-refractivity contribution in [3.8, 4) is 0 Å². The SMILES string of the molecule is CCNC(=NCC1CCN(Cc2csc(C)n2)CC1)NC1C2CCOC2C1(C)C. The van der Waals surface area contributed by atoms with Crippen molar-refractivity contribution < 1.29 is 4.74 Å². The quantitative estimate of drug-likeness (QED) is 0.548. The first kappa shape index (κ1) is 21.1. The second kappa shape index (κ2) is 8.90. The van der Waals surface area contributed by atoms with E-state index in [1.807, 2.05) is 0 Å². The summed E-state index contributed by atoms with van der Waals surface area (Å²) in [6, 6.07) is 0.455. The van der Waals surface area contributed by atoms with Gasteiger partial charge in [-0.25, -0.2) is 4.98 Å². The maximum Gasteiger partial charge on any atom is 0.191 e. The van der Waals surface area contributed by atoms with Crippen LogP contribution in [-0.2, 0) is 11.3 Å². The lowest BCUT2D eigenvalue weighted by Gasteiger charge is -2.55. The Morgan fingerprint density at radius 1 is 1.34 bits per heavy atom. The zero-order valence-electron chi connectivity index (χ0n) is 18.4. The molecule has 2 saturated heterocycles. The second-order valence-corrected chi connectivity index (χ2v) is 10.5. The van der Waals surface area contributed by atoms with Crippen LogP contribution in [0, 0.1) is 24.2 Å². The molecule has 162 valence electrons. The van der Waals surface area contributed by atoms with Crippen molar-refractivity contribution in [3.05, 3.63) is 16.1 Å². The number of thiazole rings is 1. The number of rotatable bonds is 6. The van der Waals surface area contributed by atoms with Gasteiger partial charge in [0.05, 0.1) is 16.8 Å². The fourth-order valence-corrected chi connectivity index (χ4v) is 5.95. The Hall–Kier alpha value is -1.18. The van der Waals surface area contributed by atoms with E-state index < -0.39 is 0 Å². The number of hydrogen-bond acceptors (Lipinski definition) is 5. The predicted octanol–water partition coefficient (Wildman–Crippen LogP) is 3.03. The summed E-state index contributed by atoms with van der Waals surface area (Å²) in [7, 11) is 0. The van der Waals surface area contributed by atoms with Crippen LogP contribution >= 0.6 is 11.3 Å². The summed E-state index contributed by atoms with van der Waals surface area (Å²) in [5.41, 5.74) is 1.40. The molecule has 0 spiro atoms. The van der Waals surface area contributed by atoms with Gasteiger partial charge in [0.15, 0.2) is 5.96 Å². The molecule has 0 radical (unpaired) electrons. The van der Waals surface area contributed by atoms with Gasteiger partial charge in [-0.3, -0.25) is 9.89 Å². The van der Waals surface area contributed by atoms with E-state index in [4.69, 9.17) is 9.73 Å². The van der Waals surface area contributed by atoms with Crippen LogP contribution in [0.5, 0.6) is 0 Å². The molecule has 4 rings (SSSR count). The van der Waals surface area contributed by atoms with Crippen LogP contribution in [0.15, 0.2) is 10.4 Å². The second-order valence-electron chi connectivity index (χ2n) is 9.48. The van der Waals surface area contributed by atoms with Gasteiger partial charge in [-0.15, -0.1) is 11.3 Å². The number of aliphatic imine (C=N–C) groups is 1. The van der Waals surface area contributed by atoms with Gasteiger partial charge in [-0.2, -0.15) is 0 Å². The van der Waals surface area contributed by atoms with Crippen molar-refractivity contribution >= 4 is 17.3 Å². The number of likely N-dealkylation sites (tertiary alicyclic amines) is 1. The van der Waals surface area contributed by atoms with Gasteiger partial charge in [0.25, 0.3) is 0 Å². The third-order valence-electron chi connectivity index (χ3n) is 7.00. The van der Waals surface area contributed by atoms with Crippen LogP contribution in [0.1, 0.15) is 50.7 Å². The van der Waals surface area contributed by atoms with E-state index in [0.717, 1.165) is 50.3 Å². The molecule has 0 bridgehead atoms. The Morgan fingerprint density at radius 3 is 2.83 bits per heavy atom. The molecule has 0 amide bonds. The van der Waals surface area contributed by atoms with E-state index in [0.29, 0.717) is 24.0 Å². The smallest absolute Gasteiger partial charge is 0.191 e. The largest absolute Gasteiger partial charge is 0.377 e. The van der Waals surface area contributed by atoms with Crippen LogP contribution in [-0.4, -0.2) is 60.8 Å². The Labute approximate surface area is 179 Å². The third-order valence-corrected chi connectivity index (χ3v) is 7.83. The van der Waals surface area contributed by atoms with Gasteiger partial charge in [0.1, 0.15) is 0 Å². The van der Waals surface area contributed by atoms with E-state index >= 15 is 0 Å².